The fourth-order valence-corrected chi connectivity index (χ4v) is 5.20. The highest BCUT2D eigenvalue weighted by molar-refractivity contribution is 6.04. The molecule has 0 saturated heterocycles. The van der Waals surface area contributed by atoms with Crippen molar-refractivity contribution in [2.24, 2.45) is 17.6 Å². The fraction of sp³-hybridized carbons (Fsp3) is 0.562. The lowest BCUT2D eigenvalue weighted by molar-refractivity contribution is -0.112. The SMILES string of the molecule is CO[C@H]1C[C@H](C)Cc2c(O)c(cc(O)c2NCC(O)CO)NC(=O)/C(C)=C/C=C\[C@H](OC)C[C@@H](OC(N)=O)/C(C)=C/[C@H](C)[C@H]1O. The number of primary amides is 1. The molecule has 0 radical (unpaired) electrons. The van der Waals surface area contributed by atoms with Gasteiger partial charge in [0.25, 0.3) is 5.91 Å². The van der Waals surface area contributed by atoms with Gasteiger partial charge in [-0.1, -0.05) is 38.2 Å². The van der Waals surface area contributed by atoms with Crippen molar-refractivity contribution in [3.05, 3.63) is 47.1 Å². The number of amides is 2. The summed E-state index contributed by atoms with van der Waals surface area (Å²) in [5.41, 5.74) is 6.65. The molecule has 1 heterocycles. The van der Waals surface area contributed by atoms with E-state index in [1.807, 2.05) is 13.8 Å². The van der Waals surface area contributed by atoms with Gasteiger partial charge in [0.1, 0.15) is 17.6 Å². The summed E-state index contributed by atoms with van der Waals surface area (Å²) in [5, 5.41) is 58.1. The average molecular weight is 636 g/mol. The van der Waals surface area contributed by atoms with Gasteiger partial charge >= 0.3 is 6.09 Å². The molecule has 252 valence electrons. The molecule has 1 aliphatic heterocycles. The number of aliphatic hydroxyl groups excluding tert-OH is 3. The Kier molecular flexibility index (Phi) is 14.8. The zero-order valence-electron chi connectivity index (χ0n) is 26.8. The Balaban J connectivity index is 2.63. The lowest BCUT2D eigenvalue weighted by atomic mass is 9.87. The van der Waals surface area contributed by atoms with Crippen molar-refractivity contribution >= 4 is 23.4 Å². The van der Waals surface area contributed by atoms with Crippen LogP contribution in [0.5, 0.6) is 11.5 Å². The molecule has 0 spiro atoms. The predicted octanol–water partition coefficient (Wildman–Crippen LogP) is 2.71. The number of benzene rings is 1. The summed E-state index contributed by atoms with van der Waals surface area (Å²) < 4.78 is 16.6. The van der Waals surface area contributed by atoms with Gasteiger partial charge in [0.2, 0.25) is 0 Å². The van der Waals surface area contributed by atoms with Crippen molar-refractivity contribution in [1.82, 2.24) is 0 Å². The Morgan fingerprint density at radius 2 is 1.87 bits per heavy atom. The Labute approximate surface area is 264 Å². The molecule has 0 saturated carbocycles. The minimum absolute atomic E-state index is 0.0298. The number of phenolic OH excluding ortho intramolecular Hbond substituents is 2. The summed E-state index contributed by atoms with van der Waals surface area (Å²) in [6, 6.07) is 1.20. The third-order valence-corrected chi connectivity index (χ3v) is 7.83. The summed E-state index contributed by atoms with van der Waals surface area (Å²) in [7, 11) is 2.97. The van der Waals surface area contributed by atoms with Crippen LogP contribution in [-0.4, -0.2) is 95.4 Å². The topological polar surface area (TPSA) is 213 Å². The number of fused-ring (bicyclic) bond motifs is 2. The molecule has 1 aromatic rings. The number of carbonyl (C=O) groups excluding carboxylic acids is 2. The van der Waals surface area contributed by atoms with Crippen LogP contribution < -0.4 is 16.4 Å². The van der Waals surface area contributed by atoms with Gasteiger partial charge in [-0.15, -0.1) is 0 Å². The van der Waals surface area contributed by atoms with E-state index in [4.69, 9.17) is 19.9 Å². The molecule has 9 N–H and O–H groups in total. The lowest BCUT2D eigenvalue weighted by Gasteiger charge is -2.29. The van der Waals surface area contributed by atoms with Crippen molar-refractivity contribution in [1.29, 1.82) is 0 Å². The zero-order chi connectivity index (χ0) is 33.8. The van der Waals surface area contributed by atoms with Crippen LogP contribution in [0.15, 0.2) is 41.5 Å². The molecule has 0 aliphatic carbocycles. The summed E-state index contributed by atoms with van der Waals surface area (Å²) in [4.78, 5) is 24.8. The minimum atomic E-state index is -1.12. The molecule has 2 rings (SSSR count). The number of carbonyl (C=O) groups is 2. The maximum Gasteiger partial charge on any atom is 0.405 e. The van der Waals surface area contributed by atoms with Gasteiger partial charge < -0.3 is 56.1 Å². The van der Waals surface area contributed by atoms with Crippen LogP contribution in [0.2, 0.25) is 0 Å². The first-order valence-electron chi connectivity index (χ1n) is 14.9. The monoisotopic (exact) mass is 635 g/mol. The number of nitrogens with one attached hydrogen (secondary N) is 2. The summed E-state index contributed by atoms with van der Waals surface area (Å²) in [5.74, 6) is -1.77. The molecule has 1 unspecified atom stereocenters. The molecule has 0 fully saturated rings. The van der Waals surface area contributed by atoms with Crippen LogP contribution in [0.4, 0.5) is 16.2 Å². The molecular formula is C32H49N3O10. The highest BCUT2D eigenvalue weighted by Gasteiger charge is 2.29. The van der Waals surface area contributed by atoms with Crippen LogP contribution in [0.3, 0.4) is 0 Å². The number of phenols is 2. The van der Waals surface area contributed by atoms with E-state index in [1.165, 1.54) is 20.3 Å². The second-order valence-electron chi connectivity index (χ2n) is 11.6. The minimum Gasteiger partial charge on any atom is -0.506 e. The van der Waals surface area contributed by atoms with Gasteiger partial charge in [0.05, 0.1) is 42.4 Å². The molecule has 1 aliphatic rings. The second-order valence-corrected chi connectivity index (χ2v) is 11.6. The largest absolute Gasteiger partial charge is 0.506 e. The fourth-order valence-electron chi connectivity index (χ4n) is 5.20. The maximum absolute atomic E-state index is 13.0. The molecule has 13 nitrogen and oxygen atoms in total. The number of anilines is 2. The number of methoxy groups -OCH3 is 2. The van der Waals surface area contributed by atoms with Crippen molar-refractivity contribution in [2.45, 2.75) is 77.5 Å². The van der Waals surface area contributed by atoms with Gasteiger partial charge in [-0.25, -0.2) is 4.79 Å². The number of rotatable bonds is 7. The number of aliphatic hydroxyl groups is 3. The van der Waals surface area contributed by atoms with E-state index in [1.54, 1.807) is 38.2 Å². The van der Waals surface area contributed by atoms with E-state index in [2.05, 4.69) is 10.6 Å². The summed E-state index contributed by atoms with van der Waals surface area (Å²) in [6.07, 6.45) is 2.39. The van der Waals surface area contributed by atoms with E-state index in [-0.39, 0.29) is 59.3 Å². The first-order chi connectivity index (χ1) is 21.2. The molecule has 7 atom stereocenters. The highest BCUT2D eigenvalue weighted by Crippen LogP contribution is 2.42. The van der Waals surface area contributed by atoms with Crippen LogP contribution in [0.25, 0.3) is 0 Å². The van der Waals surface area contributed by atoms with Crippen molar-refractivity contribution in [2.75, 3.05) is 38.0 Å². The Morgan fingerprint density at radius 3 is 2.47 bits per heavy atom. The Bertz CT molecular complexity index is 1250. The van der Waals surface area contributed by atoms with E-state index in [0.29, 0.717) is 12.0 Å². The molecule has 13 heteroatoms. The lowest BCUT2D eigenvalue weighted by Crippen LogP contribution is -2.35. The van der Waals surface area contributed by atoms with Crippen LogP contribution in [-0.2, 0) is 25.4 Å². The van der Waals surface area contributed by atoms with Crippen molar-refractivity contribution in [3.63, 3.8) is 0 Å². The van der Waals surface area contributed by atoms with Gasteiger partial charge in [-0.05, 0) is 38.2 Å². The van der Waals surface area contributed by atoms with E-state index >= 15 is 0 Å². The molecule has 2 bridgehead atoms. The smallest absolute Gasteiger partial charge is 0.405 e. The number of aromatic hydroxyl groups is 2. The molecule has 0 aromatic heterocycles. The Morgan fingerprint density at radius 1 is 1.18 bits per heavy atom. The van der Waals surface area contributed by atoms with E-state index in [0.717, 1.165) is 0 Å². The predicted molar refractivity (Wildman–Crippen MR) is 170 cm³/mol. The van der Waals surface area contributed by atoms with Crippen LogP contribution in [0.1, 0.15) is 46.1 Å². The molecule has 1 aromatic carbocycles. The Hall–Kier alpha value is -3.62. The molecule has 45 heavy (non-hydrogen) atoms. The van der Waals surface area contributed by atoms with Crippen molar-refractivity contribution in [3.8, 4) is 11.5 Å². The number of nitrogens with two attached hydrogens (primary N) is 1. The maximum atomic E-state index is 13.0. The molecular weight excluding hydrogens is 586 g/mol. The first-order valence-corrected chi connectivity index (χ1v) is 14.9. The first kappa shape index (κ1) is 37.6. The third-order valence-electron chi connectivity index (χ3n) is 7.83. The van der Waals surface area contributed by atoms with Crippen molar-refractivity contribution < 1.29 is 49.3 Å². The van der Waals surface area contributed by atoms with E-state index < -0.39 is 55.0 Å². The molecule has 2 amide bonds. The summed E-state index contributed by atoms with van der Waals surface area (Å²) >= 11 is 0. The van der Waals surface area contributed by atoms with Crippen LogP contribution in [0, 0.1) is 11.8 Å². The van der Waals surface area contributed by atoms with Gasteiger partial charge in [-0.3, -0.25) is 4.79 Å². The number of hydrogen-bond donors (Lipinski definition) is 8. The normalized spacial score (nSPS) is 29.2. The highest BCUT2D eigenvalue weighted by atomic mass is 16.6. The second kappa shape index (κ2) is 17.8. The standard InChI is InChI=1S/C32H49N3O10/c1-17-10-23-28(34-15-21(37)16-36)25(38)14-24(30(23)40)35-31(41)18(2)8-7-9-22(43-5)13-26(45-32(33)42)19(3)12-20(4)29(39)27(11-17)44-6/h7-9,12,14,17,20-22,26-27,29,34,36-40H,10-11,13,15-16H2,1-6H3,(H2,33,42)(H,35,41)/b9-7-,18-8+,19-12+/t17-,20+,21?,22+,26-,27+,29-/m1/s1. The van der Waals surface area contributed by atoms with Gasteiger partial charge in [0, 0.05) is 50.3 Å². The van der Waals surface area contributed by atoms with Crippen LogP contribution >= 0.6 is 0 Å². The quantitative estimate of drug-likeness (QED) is 0.124. The number of hydrogen-bond acceptors (Lipinski definition) is 11. The van der Waals surface area contributed by atoms with E-state index in [9.17, 15) is 35.1 Å². The summed E-state index contributed by atoms with van der Waals surface area (Å²) in [6.45, 7) is 6.40. The number of allylic oxidation sites excluding steroid dienone is 2. The number of ether oxygens (including phenoxy) is 3. The van der Waals surface area contributed by atoms with Gasteiger partial charge in [-0.2, -0.15) is 0 Å². The zero-order valence-corrected chi connectivity index (χ0v) is 26.8. The average Bonchev–Trinajstić information content (AvgIpc) is 2.99. The third kappa shape index (κ3) is 11.0. The van der Waals surface area contributed by atoms with Gasteiger partial charge in [0.15, 0.2) is 0 Å².